The quantitative estimate of drug-likeness (QED) is 0.302. The number of nitrogens with one attached hydrogen (secondary N) is 1. The van der Waals surface area contributed by atoms with Crippen molar-refractivity contribution in [1.82, 2.24) is 20.3 Å². The molecule has 3 aromatic heterocycles. The Kier molecular flexibility index (Phi) is 7.57. The number of benzene rings is 1. The normalized spacial score (nSPS) is 16.0. The highest BCUT2D eigenvalue weighted by Gasteiger charge is 2.33. The third-order valence-electron chi connectivity index (χ3n) is 5.90. The van der Waals surface area contributed by atoms with E-state index in [0.717, 1.165) is 23.0 Å². The summed E-state index contributed by atoms with van der Waals surface area (Å²) in [5.74, 6) is 0.898. The largest absolute Gasteiger partial charge is 0.476 e. The number of cyclic esters (lactones) is 1. The zero-order valence-electron chi connectivity index (χ0n) is 20.9. The molecule has 1 amide bonds. The zero-order valence-corrected chi connectivity index (χ0v) is 20.9. The number of fused-ring (bicyclic) bond motifs is 1. The highest BCUT2D eigenvalue weighted by molar-refractivity contribution is 5.89. The average Bonchev–Trinajstić information content (AvgIpc) is 3.30. The Morgan fingerprint density at radius 3 is 2.89 bits per heavy atom. The predicted octanol–water partition coefficient (Wildman–Crippen LogP) is 2.88. The fraction of sp³-hybridized carbons (Fsp3) is 0.296. The highest BCUT2D eigenvalue weighted by atomic mass is 16.6. The van der Waals surface area contributed by atoms with Crippen LogP contribution in [0.4, 0.5) is 10.6 Å². The first-order chi connectivity index (χ1) is 18.4. The van der Waals surface area contributed by atoms with E-state index in [4.69, 9.17) is 19.6 Å². The number of carbonyl (C=O) groups excluding carboxylic acids is 1. The van der Waals surface area contributed by atoms with E-state index in [1.165, 1.54) is 4.90 Å². The summed E-state index contributed by atoms with van der Waals surface area (Å²) in [6.45, 7) is 3.94. The van der Waals surface area contributed by atoms with Gasteiger partial charge >= 0.3 is 11.7 Å². The second-order valence-electron chi connectivity index (χ2n) is 9.10. The van der Waals surface area contributed by atoms with Gasteiger partial charge in [-0.2, -0.15) is 4.98 Å². The van der Waals surface area contributed by atoms with Gasteiger partial charge in [0.25, 0.3) is 5.71 Å². The van der Waals surface area contributed by atoms with Crippen LogP contribution in [0.1, 0.15) is 18.9 Å². The summed E-state index contributed by atoms with van der Waals surface area (Å²) in [5.41, 5.74) is 8.60. The molecule has 4 heterocycles. The van der Waals surface area contributed by atoms with Crippen molar-refractivity contribution in [3.05, 3.63) is 76.8 Å². The Bertz CT molecular complexity index is 1490. The summed E-state index contributed by atoms with van der Waals surface area (Å²) in [4.78, 5) is 38.1. The molecule has 38 heavy (non-hydrogen) atoms. The third-order valence-corrected chi connectivity index (χ3v) is 5.90. The number of nitrogens with zero attached hydrogens (tertiary/aromatic N) is 4. The van der Waals surface area contributed by atoms with E-state index >= 15 is 0 Å². The molecule has 1 fully saturated rings. The summed E-state index contributed by atoms with van der Waals surface area (Å²) in [6, 6.07) is 17.0. The van der Waals surface area contributed by atoms with Crippen LogP contribution in [-0.4, -0.2) is 52.9 Å². The van der Waals surface area contributed by atoms with Gasteiger partial charge in [-0.15, -0.1) is 0 Å². The minimum atomic E-state index is -0.600. The highest BCUT2D eigenvalue weighted by Crippen LogP contribution is 2.23. The molecule has 196 valence electrons. The van der Waals surface area contributed by atoms with Crippen LogP contribution in [0.5, 0.6) is 5.88 Å². The van der Waals surface area contributed by atoms with Gasteiger partial charge in [0.1, 0.15) is 30.2 Å². The minimum absolute atomic E-state index is 0.0669. The van der Waals surface area contributed by atoms with Crippen LogP contribution >= 0.6 is 0 Å². The molecule has 0 aliphatic carbocycles. The van der Waals surface area contributed by atoms with E-state index in [9.17, 15) is 9.59 Å². The molecule has 0 radical (unpaired) electrons. The monoisotopic (exact) mass is 516 g/mol. The molecule has 5 rings (SSSR count). The van der Waals surface area contributed by atoms with Crippen LogP contribution in [0.3, 0.4) is 0 Å². The molecule has 11 nitrogen and oxygen atoms in total. The number of aromatic nitrogens is 3. The van der Waals surface area contributed by atoms with Crippen LogP contribution in [0.25, 0.3) is 22.5 Å². The van der Waals surface area contributed by atoms with Crippen molar-refractivity contribution < 1.29 is 18.7 Å². The lowest BCUT2D eigenvalue weighted by Gasteiger charge is -2.12. The van der Waals surface area contributed by atoms with Gasteiger partial charge in [0.05, 0.1) is 12.2 Å². The minimum Gasteiger partial charge on any atom is -0.476 e. The number of carbonyl (C=O) groups is 1. The summed E-state index contributed by atoms with van der Waals surface area (Å²) >= 11 is 0. The van der Waals surface area contributed by atoms with Gasteiger partial charge in [-0.25, -0.2) is 19.6 Å². The number of hydrogen-bond acceptors (Lipinski definition) is 10. The van der Waals surface area contributed by atoms with Gasteiger partial charge in [-0.1, -0.05) is 24.3 Å². The van der Waals surface area contributed by atoms with Crippen molar-refractivity contribution in [3.8, 4) is 17.1 Å². The number of pyridine rings is 2. The van der Waals surface area contributed by atoms with Crippen LogP contribution in [-0.2, 0) is 11.3 Å². The molecule has 11 heteroatoms. The van der Waals surface area contributed by atoms with E-state index in [1.54, 1.807) is 12.1 Å². The number of nitrogens with two attached hydrogens (primary N) is 1. The molecule has 3 N–H and O–H groups in total. The maximum atomic E-state index is 12.4. The first-order valence-electron chi connectivity index (χ1n) is 12.3. The van der Waals surface area contributed by atoms with E-state index in [1.807, 2.05) is 43.3 Å². The van der Waals surface area contributed by atoms with Gasteiger partial charge in [0, 0.05) is 24.2 Å². The average molecular weight is 517 g/mol. The van der Waals surface area contributed by atoms with Crippen molar-refractivity contribution in [3.63, 3.8) is 0 Å². The molecule has 4 aromatic rings. The molecule has 0 bridgehead atoms. The smallest absolute Gasteiger partial charge is 0.415 e. The molecule has 1 aliphatic heterocycles. The topological polar surface area (TPSA) is 146 Å². The molecule has 0 unspecified atom stereocenters. The molecule has 1 aliphatic rings. The lowest BCUT2D eigenvalue weighted by Crippen LogP contribution is -2.26. The number of ether oxygens (including phenoxy) is 2. The van der Waals surface area contributed by atoms with Crippen molar-refractivity contribution in [1.29, 1.82) is 0 Å². The second-order valence-corrected chi connectivity index (χ2v) is 9.10. The van der Waals surface area contributed by atoms with Crippen LogP contribution in [0, 0.1) is 0 Å². The number of amides is 1. The Balaban J connectivity index is 1.13. The summed E-state index contributed by atoms with van der Waals surface area (Å²) in [5, 5.41) is 3.41. The summed E-state index contributed by atoms with van der Waals surface area (Å²) in [7, 11) is 0. The first kappa shape index (κ1) is 25.3. The Labute approximate surface area is 218 Å². The van der Waals surface area contributed by atoms with Crippen LogP contribution in [0.15, 0.2) is 70.0 Å². The van der Waals surface area contributed by atoms with Crippen molar-refractivity contribution >= 4 is 23.1 Å². The van der Waals surface area contributed by atoms with Gasteiger partial charge in [-0.3, -0.25) is 4.90 Å². The Morgan fingerprint density at radius 1 is 1.16 bits per heavy atom. The predicted molar refractivity (Wildman–Crippen MR) is 141 cm³/mol. The van der Waals surface area contributed by atoms with E-state index in [0.29, 0.717) is 49.9 Å². The molecule has 1 saturated heterocycles. The molecule has 0 spiro atoms. The van der Waals surface area contributed by atoms with Crippen molar-refractivity contribution in [2.75, 3.05) is 24.6 Å². The summed E-state index contributed by atoms with van der Waals surface area (Å²) < 4.78 is 16.2. The first-order valence-corrected chi connectivity index (χ1v) is 12.3. The fourth-order valence-electron chi connectivity index (χ4n) is 4.06. The maximum absolute atomic E-state index is 12.4. The Hall–Kier alpha value is -4.35. The third kappa shape index (κ3) is 6.13. The van der Waals surface area contributed by atoms with Crippen molar-refractivity contribution in [2.24, 2.45) is 5.73 Å². The van der Waals surface area contributed by atoms with E-state index in [2.05, 4.69) is 26.3 Å². The molecular weight excluding hydrogens is 488 g/mol. The molecule has 2 atom stereocenters. The lowest BCUT2D eigenvalue weighted by molar-refractivity contribution is 0.136. The van der Waals surface area contributed by atoms with Gasteiger partial charge < -0.3 is 24.9 Å². The van der Waals surface area contributed by atoms with Gasteiger partial charge in [-0.05, 0) is 49.7 Å². The van der Waals surface area contributed by atoms with Crippen LogP contribution < -0.4 is 26.3 Å². The standard InChI is InChI=1S/C27H28N6O5/c1-17(28)16-36-24-7-3-6-21(31-24)19-5-2-4-18(12-19)13-29-11-10-20-15-33(27(35)37-20)23-9-8-22-26(32-23)38-25(34)14-30-22/h2-9,12,14,17,20,29H,10-11,13,15-16,28H2,1H3/t17-,20-/m0/s1. The second kappa shape index (κ2) is 11.4. The summed E-state index contributed by atoms with van der Waals surface area (Å²) in [6.07, 6.45) is 0.942. The number of anilines is 1. The maximum Gasteiger partial charge on any atom is 0.415 e. The zero-order chi connectivity index (χ0) is 26.5. The number of hydrogen-bond donors (Lipinski definition) is 2. The molecule has 0 saturated carbocycles. The molecule has 1 aromatic carbocycles. The molecular formula is C27H28N6O5. The number of rotatable bonds is 10. The van der Waals surface area contributed by atoms with E-state index in [-0.39, 0.29) is 17.9 Å². The Morgan fingerprint density at radius 2 is 2.03 bits per heavy atom. The SMILES string of the molecule is C[C@H](N)COc1cccc(-c2cccc(CNCC[C@H]3CN(c4ccc5ncc(=O)oc5n4)C(=O)O3)c2)n1. The van der Waals surface area contributed by atoms with Crippen LogP contribution in [0.2, 0.25) is 0 Å². The lowest BCUT2D eigenvalue weighted by atomic mass is 10.1. The van der Waals surface area contributed by atoms with Gasteiger partial charge in [0.2, 0.25) is 5.88 Å². The van der Waals surface area contributed by atoms with Crippen molar-refractivity contribution in [2.45, 2.75) is 32.0 Å². The fourth-order valence-corrected chi connectivity index (χ4v) is 4.06. The van der Waals surface area contributed by atoms with Gasteiger partial charge in [0.15, 0.2) is 0 Å². The van der Waals surface area contributed by atoms with E-state index < -0.39 is 11.7 Å².